The Morgan fingerprint density at radius 1 is 1.14 bits per heavy atom. The smallest absolute Gasteiger partial charge is 0.258 e. The van der Waals surface area contributed by atoms with Gasteiger partial charge in [0.05, 0.1) is 12.7 Å². The molecule has 1 aliphatic carbocycles. The molecular weight excluding hydrogens is 390 g/mol. The van der Waals surface area contributed by atoms with Crippen molar-refractivity contribution >= 4 is 23.4 Å². The summed E-state index contributed by atoms with van der Waals surface area (Å²) in [6.45, 7) is 2.40. The first-order valence-corrected chi connectivity index (χ1v) is 11.1. The molecule has 1 aromatic rings. The number of ether oxygens (including phenoxy) is 1. The Kier molecular flexibility index (Phi) is 6.30. The first kappa shape index (κ1) is 20.5. The quantitative estimate of drug-likeness (QED) is 0.769. The van der Waals surface area contributed by atoms with Crippen molar-refractivity contribution in [2.45, 2.75) is 63.1 Å². The SMILES string of the molecule is COc1ccc(Cl)cc1C(=O)N1CCC[C@@H]1C(=O)NC[C@H]1CCCCN1C1CC1. The van der Waals surface area contributed by atoms with Crippen molar-refractivity contribution < 1.29 is 14.3 Å². The van der Waals surface area contributed by atoms with Crippen LogP contribution in [0.2, 0.25) is 5.02 Å². The molecule has 6 nitrogen and oxygen atoms in total. The maximum atomic E-state index is 13.1. The molecule has 1 saturated carbocycles. The van der Waals surface area contributed by atoms with Gasteiger partial charge < -0.3 is 15.0 Å². The van der Waals surface area contributed by atoms with Crippen molar-refractivity contribution in [2.24, 2.45) is 0 Å². The molecule has 2 saturated heterocycles. The zero-order valence-electron chi connectivity index (χ0n) is 17.0. The number of benzene rings is 1. The van der Waals surface area contributed by atoms with E-state index in [4.69, 9.17) is 16.3 Å². The fourth-order valence-corrected chi connectivity index (χ4v) is 4.92. The van der Waals surface area contributed by atoms with E-state index in [1.54, 1.807) is 23.1 Å². The number of amides is 2. The van der Waals surface area contributed by atoms with E-state index < -0.39 is 6.04 Å². The number of methoxy groups -OCH3 is 1. The van der Waals surface area contributed by atoms with Crippen LogP contribution >= 0.6 is 11.6 Å². The number of nitrogens with one attached hydrogen (secondary N) is 1. The van der Waals surface area contributed by atoms with Gasteiger partial charge in [-0.25, -0.2) is 0 Å². The number of rotatable bonds is 6. The summed E-state index contributed by atoms with van der Waals surface area (Å²) in [5.41, 5.74) is 0.409. The van der Waals surface area contributed by atoms with Crippen LogP contribution in [0.1, 0.15) is 55.3 Å². The summed E-state index contributed by atoms with van der Waals surface area (Å²) in [5, 5.41) is 3.63. The van der Waals surface area contributed by atoms with E-state index in [2.05, 4.69) is 10.2 Å². The Labute approximate surface area is 177 Å². The second-order valence-corrected chi connectivity index (χ2v) is 8.80. The zero-order chi connectivity index (χ0) is 20.4. The van der Waals surface area contributed by atoms with Crippen LogP contribution in [-0.4, -0.2) is 66.5 Å². The number of hydrogen-bond acceptors (Lipinski definition) is 4. The molecule has 1 aromatic carbocycles. The second kappa shape index (κ2) is 8.92. The van der Waals surface area contributed by atoms with E-state index in [0.29, 0.717) is 41.9 Å². The summed E-state index contributed by atoms with van der Waals surface area (Å²) in [4.78, 5) is 30.4. The van der Waals surface area contributed by atoms with Crippen molar-refractivity contribution in [1.82, 2.24) is 15.1 Å². The maximum Gasteiger partial charge on any atom is 0.258 e. The molecule has 0 unspecified atom stereocenters. The molecule has 4 rings (SSSR count). The van der Waals surface area contributed by atoms with Crippen LogP contribution < -0.4 is 10.1 Å². The van der Waals surface area contributed by atoms with E-state index in [-0.39, 0.29) is 11.8 Å². The Balaban J connectivity index is 1.40. The molecule has 0 bridgehead atoms. The molecule has 0 spiro atoms. The highest BCUT2D eigenvalue weighted by molar-refractivity contribution is 6.31. The largest absolute Gasteiger partial charge is 0.496 e. The summed E-state index contributed by atoms with van der Waals surface area (Å²) in [6, 6.07) is 5.73. The first-order valence-electron chi connectivity index (χ1n) is 10.8. The van der Waals surface area contributed by atoms with Gasteiger partial charge >= 0.3 is 0 Å². The number of carbonyl (C=O) groups excluding carboxylic acids is 2. The molecule has 7 heteroatoms. The second-order valence-electron chi connectivity index (χ2n) is 8.36. The Morgan fingerprint density at radius 3 is 2.72 bits per heavy atom. The molecule has 2 heterocycles. The lowest BCUT2D eigenvalue weighted by atomic mass is 10.0. The van der Waals surface area contributed by atoms with Crippen molar-refractivity contribution in [3.05, 3.63) is 28.8 Å². The predicted octanol–water partition coefficient (Wildman–Crippen LogP) is 3.09. The fraction of sp³-hybridized carbons (Fsp3) is 0.636. The molecule has 2 amide bonds. The van der Waals surface area contributed by atoms with E-state index in [1.807, 2.05) is 0 Å². The topological polar surface area (TPSA) is 61.9 Å². The van der Waals surface area contributed by atoms with Crippen LogP contribution in [0.5, 0.6) is 5.75 Å². The molecule has 3 aliphatic rings. The van der Waals surface area contributed by atoms with Gasteiger partial charge in [0, 0.05) is 30.2 Å². The molecule has 29 heavy (non-hydrogen) atoms. The third kappa shape index (κ3) is 4.53. The number of likely N-dealkylation sites (tertiary alicyclic amines) is 2. The van der Waals surface area contributed by atoms with Gasteiger partial charge in [-0.05, 0) is 63.3 Å². The minimum atomic E-state index is -0.427. The average Bonchev–Trinajstić information content (AvgIpc) is 3.47. The van der Waals surface area contributed by atoms with Gasteiger partial charge in [0.25, 0.3) is 5.91 Å². The fourth-order valence-electron chi connectivity index (χ4n) is 4.75. The van der Waals surface area contributed by atoms with Gasteiger partial charge in [0.2, 0.25) is 5.91 Å². The highest BCUT2D eigenvalue weighted by Crippen LogP contribution is 2.32. The predicted molar refractivity (Wildman–Crippen MR) is 112 cm³/mol. The van der Waals surface area contributed by atoms with Gasteiger partial charge in [0.1, 0.15) is 11.8 Å². The lowest BCUT2D eigenvalue weighted by Gasteiger charge is -2.36. The maximum absolute atomic E-state index is 13.1. The van der Waals surface area contributed by atoms with Crippen molar-refractivity contribution in [3.8, 4) is 5.75 Å². The monoisotopic (exact) mass is 419 g/mol. The summed E-state index contributed by atoms with van der Waals surface area (Å²) < 4.78 is 5.33. The Morgan fingerprint density at radius 2 is 1.97 bits per heavy atom. The number of piperidine rings is 1. The standard InChI is InChI=1S/C22H30ClN3O3/c1-29-20-10-7-15(23)13-18(20)22(28)26-12-4-6-19(26)21(27)24-14-17-5-2-3-11-25(17)16-8-9-16/h7,10,13,16-17,19H,2-6,8-9,11-12,14H2,1H3,(H,24,27)/t17-,19-/m1/s1. The van der Waals surface area contributed by atoms with Crippen LogP contribution in [-0.2, 0) is 4.79 Å². The average molecular weight is 420 g/mol. The van der Waals surface area contributed by atoms with Crippen molar-refractivity contribution in [3.63, 3.8) is 0 Å². The zero-order valence-corrected chi connectivity index (χ0v) is 17.8. The van der Waals surface area contributed by atoms with Gasteiger partial charge in [-0.3, -0.25) is 14.5 Å². The molecule has 3 fully saturated rings. The minimum Gasteiger partial charge on any atom is -0.496 e. The van der Waals surface area contributed by atoms with E-state index in [1.165, 1.54) is 32.8 Å². The third-order valence-electron chi connectivity index (χ3n) is 6.41. The van der Waals surface area contributed by atoms with Crippen LogP contribution in [0.25, 0.3) is 0 Å². The summed E-state index contributed by atoms with van der Waals surface area (Å²) >= 11 is 6.09. The molecule has 158 valence electrons. The third-order valence-corrected chi connectivity index (χ3v) is 6.64. The van der Waals surface area contributed by atoms with Crippen LogP contribution in [0.4, 0.5) is 0 Å². The van der Waals surface area contributed by atoms with Crippen LogP contribution in [0.3, 0.4) is 0 Å². The first-order chi connectivity index (χ1) is 14.1. The number of halogens is 1. The van der Waals surface area contributed by atoms with Crippen LogP contribution in [0.15, 0.2) is 18.2 Å². The van der Waals surface area contributed by atoms with Crippen LogP contribution in [0, 0.1) is 0 Å². The Hall–Kier alpha value is -1.79. The van der Waals surface area contributed by atoms with E-state index >= 15 is 0 Å². The highest BCUT2D eigenvalue weighted by Gasteiger charge is 2.38. The van der Waals surface area contributed by atoms with E-state index in [0.717, 1.165) is 25.4 Å². The van der Waals surface area contributed by atoms with E-state index in [9.17, 15) is 9.59 Å². The molecule has 1 N–H and O–H groups in total. The molecule has 2 atom stereocenters. The summed E-state index contributed by atoms with van der Waals surface area (Å²) in [5.74, 6) is 0.241. The minimum absolute atomic E-state index is 0.0434. The molecule has 0 aromatic heterocycles. The highest BCUT2D eigenvalue weighted by atomic mass is 35.5. The number of hydrogen-bond donors (Lipinski definition) is 1. The number of nitrogens with zero attached hydrogens (tertiary/aromatic N) is 2. The summed E-state index contributed by atoms with van der Waals surface area (Å²) in [6.07, 6.45) is 7.72. The van der Waals surface area contributed by atoms with Gasteiger partial charge in [0.15, 0.2) is 0 Å². The summed E-state index contributed by atoms with van der Waals surface area (Å²) in [7, 11) is 1.53. The molecular formula is C22H30ClN3O3. The van der Waals surface area contributed by atoms with Gasteiger partial charge in [-0.1, -0.05) is 18.0 Å². The number of carbonyl (C=O) groups is 2. The lowest BCUT2D eigenvalue weighted by molar-refractivity contribution is -0.125. The lowest BCUT2D eigenvalue weighted by Crippen LogP contribution is -2.51. The van der Waals surface area contributed by atoms with Crippen molar-refractivity contribution in [1.29, 1.82) is 0 Å². The Bertz CT molecular complexity index is 768. The van der Waals surface area contributed by atoms with Gasteiger partial charge in [-0.15, -0.1) is 0 Å². The van der Waals surface area contributed by atoms with Gasteiger partial charge in [-0.2, -0.15) is 0 Å². The van der Waals surface area contributed by atoms with Crippen molar-refractivity contribution in [2.75, 3.05) is 26.7 Å². The molecule has 0 radical (unpaired) electrons. The normalized spacial score (nSPS) is 25.1. The molecule has 2 aliphatic heterocycles.